The number of aliphatic hydroxyl groups excluding tert-OH is 1. The van der Waals surface area contributed by atoms with E-state index in [0.29, 0.717) is 24.9 Å². The molecule has 2 amide bonds. The minimum absolute atomic E-state index is 0.0296. The number of sulfonamides is 1. The van der Waals surface area contributed by atoms with Gasteiger partial charge in [-0.25, -0.2) is 13.2 Å². The second-order valence-corrected chi connectivity index (χ2v) is 13.9. The quantitative estimate of drug-likeness (QED) is 0.161. The number of hydrogen-bond donors (Lipinski definition) is 4. The van der Waals surface area contributed by atoms with Crippen LogP contribution in [0.2, 0.25) is 0 Å². The average molecular weight is 653 g/mol. The predicted molar refractivity (Wildman–Crippen MR) is 181 cm³/mol. The third-order valence-electron chi connectivity index (χ3n) is 8.11. The zero-order chi connectivity index (χ0) is 33.9. The number of alkyl carbamates (subject to hydrolysis) is 1. The lowest BCUT2D eigenvalue weighted by Gasteiger charge is -2.34. The minimum Gasteiger partial charge on any atom is -0.453 e. The molecule has 0 radical (unpaired) electrons. The molecule has 0 saturated carbocycles. The summed E-state index contributed by atoms with van der Waals surface area (Å²) in [7, 11) is -2.65. The topological polar surface area (TPSA) is 151 Å². The Bertz CT molecular complexity index is 1440. The first-order valence-corrected chi connectivity index (χ1v) is 17.1. The van der Waals surface area contributed by atoms with E-state index < -0.39 is 40.2 Å². The van der Waals surface area contributed by atoms with Crippen molar-refractivity contribution in [2.45, 2.75) is 81.9 Å². The van der Waals surface area contributed by atoms with E-state index in [-0.39, 0.29) is 29.4 Å². The van der Waals surface area contributed by atoms with Crippen LogP contribution < -0.4 is 16.4 Å². The molecule has 46 heavy (non-hydrogen) atoms. The standard InChI is InChI=1S/C35H48N4O6S/c1-24(2)31(18-12-17-29(23-40)39(25(3)4)46(43,44)30-21-19-28(36)20-22-30)37-34(41)33(38-35(42)45-5)32(26-13-8-6-9-14-26)27-15-10-7-11-16-27/h6-11,13-16,19-22,24-25,29,31-33,40H,12,17-18,23,36H2,1-5H3,(H,37,41)(H,38,42). The Kier molecular flexibility index (Phi) is 13.6. The Morgan fingerprint density at radius 2 is 1.39 bits per heavy atom. The number of carbonyl (C=O) groups is 2. The average Bonchev–Trinajstić information content (AvgIpc) is 3.04. The molecule has 3 rings (SSSR count). The van der Waals surface area contributed by atoms with E-state index in [4.69, 9.17) is 10.5 Å². The molecule has 3 atom stereocenters. The van der Waals surface area contributed by atoms with E-state index in [1.807, 2.05) is 74.5 Å². The van der Waals surface area contributed by atoms with Crippen molar-refractivity contribution in [2.75, 3.05) is 19.5 Å². The van der Waals surface area contributed by atoms with Crippen LogP contribution in [0.4, 0.5) is 10.5 Å². The summed E-state index contributed by atoms with van der Waals surface area (Å²) in [6.07, 6.45) is 0.716. The van der Waals surface area contributed by atoms with Crippen molar-refractivity contribution in [3.8, 4) is 0 Å². The van der Waals surface area contributed by atoms with Gasteiger partial charge < -0.3 is 26.2 Å². The first-order chi connectivity index (χ1) is 21.9. The Hall–Kier alpha value is -3.93. The summed E-state index contributed by atoms with van der Waals surface area (Å²) in [6.45, 7) is 7.19. The number of methoxy groups -OCH3 is 1. The van der Waals surface area contributed by atoms with Gasteiger partial charge in [-0.3, -0.25) is 4.79 Å². The van der Waals surface area contributed by atoms with Gasteiger partial charge in [-0.1, -0.05) is 74.5 Å². The molecule has 0 aliphatic heterocycles. The van der Waals surface area contributed by atoms with E-state index >= 15 is 0 Å². The fourth-order valence-corrected chi connectivity index (χ4v) is 7.60. The number of nitrogens with two attached hydrogens (primary N) is 1. The molecule has 0 fully saturated rings. The molecule has 0 saturated heterocycles. The molecule has 10 nitrogen and oxygen atoms in total. The molecule has 0 aliphatic carbocycles. The van der Waals surface area contributed by atoms with Crippen molar-refractivity contribution in [2.24, 2.45) is 5.92 Å². The minimum atomic E-state index is -3.91. The number of ether oxygens (including phenoxy) is 1. The molecule has 5 N–H and O–H groups in total. The van der Waals surface area contributed by atoms with Crippen LogP contribution in [0, 0.1) is 5.92 Å². The Balaban J connectivity index is 1.82. The molecule has 0 heterocycles. The summed E-state index contributed by atoms with van der Waals surface area (Å²) in [6, 6.07) is 22.7. The van der Waals surface area contributed by atoms with Gasteiger partial charge in [-0.15, -0.1) is 0 Å². The summed E-state index contributed by atoms with van der Waals surface area (Å²) in [5.74, 6) is -0.830. The summed E-state index contributed by atoms with van der Waals surface area (Å²) in [4.78, 5) is 26.7. The van der Waals surface area contributed by atoms with Gasteiger partial charge in [0.1, 0.15) is 6.04 Å². The third-order valence-corrected chi connectivity index (χ3v) is 10.3. The molecule has 3 aromatic carbocycles. The number of nitrogen functional groups attached to an aromatic ring is 1. The largest absolute Gasteiger partial charge is 0.453 e. The number of aliphatic hydroxyl groups is 1. The first-order valence-electron chi connectivity index (χ1n) is 15.6. The Morgan fingerprint density at radius 1 is 0.848 bits per heavy atom. The van der Waals surface area contributed by atoms with Crippen molar-refractivity contribution in [1.29, 1.82) is 0 Å². The highest BCUT2D eigenvalue weighted by Crippen LogP contribution is 2.29. The second-order valence-electron chi connectivity index (χ2n) is 12.0. The maximum Gasteiger partial charge on any atom is 0.407 e. The van der Waals surface area contributed by atoms with Gasteiger partial charge >= 0.3 is 6.09 Å². The van der Waals surface area contributed by atoms with Crippen LogP contribution in [-0.4, -0.2) is 67.7 Å². The lowest BCUT2D eigenvalue weighted by atomic mass is 9.84. The summed E-state index contributed by atoms with van der Waals surface area (Å²) >= 11 is 0. The van der Waals surface area contributed by atoms with Gasteiger partial charge in [0.05, 0.1) is 18.6 Å². The highest BCUT2D eigenvalue weighted by molar-refractivity contribution is 7.89. The SMILES string of the molecule is COC(=O)NC(C(=O)NC(CCCC(CO)N(C(C)C)S(=O)(=O)c1ccc(N)cc1)C(C)C)C(c1ccccc1)c1ccccc1. The summed E-state index contributed by atoms with van der Waals surface area (Å²) in [5.41, 5.74) is 7.93. The maximum absolute atomic E-state index is 14.0. The van der Waals surface area contributed by atoms with Crippen LogP contribution in [0.5, 0.6) is 0 Å². The van der Waals surface area contributed by atoms with Gasteiger partial charge in [0.2, 0.25) is 15.9 Å². The Labute approximate surface area is 273 Å². The van der Waals surface area contributed by atoms with E-state index in [0.717, 1.165) is 11.1 Å². The van der Waals surface area contributed by atoms with Crippen LogP contribution in [0.1, 0.15) is 64.0 Å². The molecular weight excluding hydrogens is 604 g/mol. The molecular formula is C35H48N4O6S. The predicted octanol–water partition coefficient (Wildman–Crippen LogP) is 4.90. The molecule has 250 valence electrons. The smallest absolute Gasteiger partial charge is 0.407 e. The highest BCUT2D eigenvalue weighted by atomic mass is 32.2. The number of nitrogens with one attached hydrogen (secondary N) is 2. The highest BCUT2D eigenvalue weighted by Gasteiger charge is 2.36. The van der Waals surface area contributed by atoms with E-state index in [9.17, 15) is 23.1 Å². The van der Waals surface area contributed by atoms with Crippen LogP contribution in [0.25, 0.3) is 0 Å². The van der Waals surface area contributed by atoms with Gasteiger partial charge in [0.25, 0.3) is 0 Å². The van der Waals surface area contributed by atoms with Crippen molar-refractivity contribution >= 4 is 27.7 Å². The van der Waals surface area contributed by atoms with Gasteiger partial charge in [0, 0.05) is 29.7 Å². The number of anilines is 1. The normalized spacial score (nSPS) is 13.9. The first kappa shape index (κ1) is 36.5. The molecule has 3 aromatic rings. The van der Waals surface area contributed by atoms with Gasteiger partial charge in [0.15, 0.2) is 0 Å². The van der Waals surface area contributed by atoms with Crippen molar-refractivity contribution < 1.29 is 27.9 Å². The zero-order valence-electron chi connectivity index (χ0n) is 27.3. The lowest BCUT2D eigenvalue weighted by molar-refractivity contribution is -0.124. The lowest BCUT2D eigenvalue weighted by Crippen LogP contribution is -2.53. The van der Waals surface area contributed by atoms with Crippen molar-refractivity contribution in [3.05, 3.63) is 96.1 Å². The molecule has 0 spiro atoms. The van der Waals surface area contributed by atoms with Gasteiger partial charge in [-0.2, -0.15) is 4.31 Å². The summed E-state index contributed by atoms with van der Waals surface area (Å²) < 4.78 is 33.4. The molecule has 11 heteroatoms. The Morgan fingerprint density at radius 3 is 1.85 bits per heavy atom. The number of hydrogen-bond acceptors (Lipinski definition) is 7. The van der Waals surface area contributed by atoms with Crippen LogP contribution >= 0.6 is 0 Å². The summed E-state index contributed by atoms with van der Waals surface area (Å²) in [5, 5.41) is 16.3. The van der Waals surface area contributed by atoms with E-state index in [1.54, 1.807) is 13.8 Å². The maximum atomic E-state index is 14.0. The number of amides is 2. The fraction of sp³-hybridized carbons (Fsp3) is 0.429. The third kappa shape index (κ3) is 9.54. The number of benzene rings is 3. The van der Waals surface area contributed by atoms with E-state index in [2.05, 4.69) is 10.6 Å². The van der Waals surface area contributed by atoms with Crippen LogP contribution in [0.3, 0.4) is 0 Å². The number of carbonyl (C=O) groups excluding carboxylic acids is 2. The number of nitrogens with zero attached hydrogens (tertiary/aromatic N) is 1. The molecule has 0 aliphatic rings. The second kappa shape index (κ2) is 17.1. The van der Waals surface area contributed by atoms with Crippen LogP contribution in [0.15, 0.2) is 89.8 Å². The monoisotopic (exact) mass is 652 g/mol. The van der Waals surface area contributed by atoms with Crippen LogP contribution in [-0.2, 0) is 19.6 Å². The molecule has 3 unspecified atom stereocenters. The molecule has 0 aromatic heterocycles. The van der Waals surface area contributed by atoms with Gasteiger partial charge in [-0.05, 0) is 74.4 Å². The zero-order valence-corrected chi connectivity index (χ0v) is 28.1. The van der Waals surface area contributed by atoms with Crippen molar-refractivity contribution in [1.82, 2.24) is 14.9 Å². The van der Waals surface area contributed by atoms with E-state index in [1.165, 1.54) is 35.7 Å². The fourth-order valence-electron chi connectivity index (χ4n) is 5.76. The molecule has 0 bridgehead atoms. The van der Waals surface area contributed by atoms with Crippen molar-refractivity contribution in [3.63, 3.8) is 0 Å². The number of rotatable bonds is 16.